The van der Waals surface area contributed by atoms with Gasteiger partial charge in [0, 0.05) is 49.4 Å². The van der Waals surface area contributed by atoms with Gasteiger partial charge in [0.1, 0.15) is 11.4 Å². The SMILES string of the molecule is Cc1cnc([C@@H](OC(=O)c2ccc([N+](=O)[O-])cc2)[C@H](C)S(C)(=O)=O)nc1.Cc1cnc([C@H](O)[C@H](C)S(C)(=O)=O)nc1. The van der Waals surface area contributed by atoms with Crippen molar-refractivity contribution in [3.8, 4) is 0 Å². The number of nitrogens with zero attached hydrogens (tertiary/aromatic N) is 5. The van der Waals surface area contributed by atoms with Crippen molar-refractivity contribution in [2.24, 2.45) is 0 Å². The molecule has 3 rings (SSSR count). The lowest BCUT2D eigenvalue weighted by atomic mass is 10.2. The van der Waals surface area contributed by atoms with Crippen LogP contribution in [0.2, 0.25) is 0 Å². The Morgan fingerprint density at radius 1 is 0.829 bits per heavy atom. The normalized spacial score (nSPS) is 14.5. The van der Waals surface area contributed by atoms with Crippen molar-refractivity contribution in [3.63, 3.8) is 0 Å². The van der Waals surface area contributed by atoms with Crippen LogP contribution < -0.4 is 0 Å². The van der Waals surface area contributed by atoms with E-state index in [1.165, 1.54) is 38.4 Å². The Balaban J connectivity index is 0.000000333. The Morgan fingerprint density at radius 3 is 1.63 bits per heavy atom. The van der Waals surface area contributed by atoms with Crippen LogP contribution in [0.3, 0.4) is 0 Å². The molecule has 0 radical (unpaired) electrons. The summed E-state index contributed by atoms with van der Waals surface area (Å²) in [6, 6.07) is 4.79. The molecule has 222 valence electrons. The molecule has 0 spiro atoms. The van der Waals surface area contributed by atoms with E-state index in [0.29, 0.717) is 0 Å². The number of benzene rings is 1. The number of nitro benzene ring substituents is 1. The van der Waals surface area contributed by atoms with Crippen molar-refractivity contribution in [2.75, 3.05) is 12.5 Å². The lowest BCUT2D eigenvalue weighted by molar-refractivity contribution is -0.384. The molecule has 0 saturated carbocycles. The van der Waals surface area contributed by atoms with Crippen molar-refractivity contribution in [3.05, 3.63) is 87.5 Å². The first-order chi connectivity index (χ1) is 18.9. The first-order valence-corrected chi connectivity index (χ1v) is 15.9. The Labute approximate surface area is 237 Å². The molecule has 0 unspecified atom stereocenters. The van der Waals surface area contributed by atoms with E-state index in [1.54, 1.807) is 19.3 Å². The van der Waals surface area contributed by atoms with Crippen LogP contribution in [0.15, 0.2) is 49.1 Å². The minimum atomic E-state index is -3.55. The number of esters is 1. The first-order valence-electron chi connectivity index (χ1n) is 12.0. The fourth-order valence-corrected chi connectivity index (χ4v) is 4.25. The van der Waals surface area contributed by atoms with Crippen molar-refractivity contribution in [1.82, 2.24) is 19.9 Å². The Kier molecular flexibility index (Phi) is 11.1. The molecule has 16 heteroatoms. The van der Waals surface area contributed by atoms with E-state index >= 15 is 0 Å². The molecule has 0 aliphatic heterocycles. The molecule has 3 aromatic rings. The Hall–Kier alpha value is -3.89. The summed E-state index contributed by atoms with van der Waals surface area (Å²) in [6.07, 6.45) is 5.77. The number of hydrogen-bond acceptors (Lipinski definition) is 13. The average molecular weight is 610 g/mol. The third-order valence-corrected chi connectivity index (χ3v) is 9.10. The third-order valence-electron chi connectivity index (χ3n) is 5.89. The monoisotopic (exact) mass is 609 g/mol. The van der Waals surface area contributed by atoms with Gasteiger partial charge >= 0.3 is 5.97 Å². The minimum Gasteiger partial charge on any atom is -0.449 e. The summed E-state index contributed by atoms with van der Waals surface area (Å²) in [5, 5.41) is 18.4. The van der Waals surface area contributed by atoms with Gasteiger partial charge in [0.25, 0.3) is 5.69 Å². The van der Waals surface area contributed by atoms with Gasteiger partial charge in [-0.25, -0.2) is 41.6 Å². The van der Waals surface area contributed by atoms with Crippen LogP contribution in [0.1, 0.15) is 59.2 Å². The van der Waals surface area contributed by atoms with E-state index in [1.807, 2.05) is 6.92 Å². The fourth-order valence-electron chi connectivity index (χ4n) is 3.03. The maximum atomic E-state index is 12.4. The number of rotatable bonds is 9. The third kappa shape index (κ3) is 9.61. The lowest BCUT2D eigenvalue weighted by Crippen LogP contribution is -2.30. The quantitative estimate of drug-likeness (QED) is 0.210. The fraction of sp³-hybridized carbons (Fsp3) is 0.400. The van der Waals surface area contributed by atoms with Crippen molar-refractivity contribution in [1.29, 1.82) is 0 Å². The number of sulfone groups is 2. The van der Waals surface area contributed by atoms with Gasteiger partial charge in [-0.1, -0.05) is 0 Å². The standard InChI is InChI=1S/C16H17N3O6S.C9H14N2O3S/c1-10-8-17-15(18-9-10)14(11(2)26(3,23)24)25-16(20)12-4-6-13(7-5-12)19(21)22;1-6-4-10-9(11-5-6)8(12)7(2)15(3,13)14/h4-9,11,14H,1-3H3;4-5,7-8,12H,1-3H3/t11-,14-;7-,8+/m00/s1. The van der Waals surface area contributed by atoms with Crippen molar-refractivity contribution >= 4 is 31.3 Å². The van der Waals surface area contributed by atoms with Gasteiger partial charge in [-0.05, 0) is 51.0 Å². The smallest absolute Gasteiger partial charge is 0.338 e. The molecule has 0 aliphatic rings. The number of carbonyl (C=O) groups excluding carboxylic acids is 1. The number of nitro groups is 1. The zero-order chi connectivity index (χ0) is 31.1. The van der Waals surface area contributed by atoms with E-state index in [-0.39, 0.29) is 22.9 Å². The number of aryl methyl sites for hydroxylation is 2. The molecule has 0 aliphatic carbocycles. The second kappa shape index (κ2) is 13.6. The number of ether oxygens (including phenoxy) is 1. The topological polar surface area (TPSA) is 210 Å². The van der Waals surface area contributed by atoms with Gasteiger partial charge in [-0.15, -0.1) is 0 Å². The van der Waals surface area contributed by atoms with Gasteiger partial charge in [-0.2, -0.15) is 0 Å². The summed E-state index contributed by atoms with van der Waals surface area (Å²) in [5.41, 5.74) is 1.50. The second-order valence-electron chi connectivity index (χ2n) is 9.38. The van der Waals surface area contributed by atoms with E-state index in [0.717, 1.165) is 35.8 Å². The molecule has 0 saturated heterocycles. The molecule has 1 N–H and O–H groups in total. The van der Waals surface area contributed by atoms with Crippen molar-refractivity contribution < 1.29 is 36.4 Å². The van der Waals surface area contributed by atoms with E-state index in [9.17, 15) is 36.9 Å². The highest BCUT2D eigenvalue weighted by Crippen LogP contribution is 2.25. The molecule has 41 heavy (non-hydrogen) atoms. The highest BCUT2D eigenvalue weighted by atomic mass is 32.2. The molecule has 2 heterocycles. The zero-order valence-corrected chi connectivity index (χ0v) is 24.8. The van der Waals surface area contributed by atoms with Gasteiger partial charge in [0.05, 0.1) is 15.7 Å². The van der Waals surface area contributed by atoms with Gasteiger partial charge in [-0.3, -0.25) is 10.1 Å². The molecule has 0 amide bonds. The van der Waals surface area contributed by atoms with Crippen LogP contribution in [-0.2, 0) is 24.4 Å². The van der Waals surface area contributed by atoms with E-state index in [2.05, 4.69) is 19.9 Å². The number of aliphatic hydroxyl groups is 1. The highest BCUT2D eigenvalue weighted by Gasteiger charge is 2.33. The van der Waals surface area contributed by atoms with Crippen LogP contribution in [0.25, 0.3) is 0 Å². The molecular weight excluding hydrogens is 578 g/mol. The molecule has 0 bridgehead atoms. The average Bonchev–Trinajstić information content (AvgIpc) is 2.90. The predicted molar refractivity (Wildman–Crippen MR) is 148 cm³/mol. The summed E-state index contributed by atoms with van der Waals surface area (Å²) >= 11 is 0. The number of hydrogen-bond donors (Lipinski definition) is 1. The maximum Gasteiger partial charge on any atom is 0.338 e. The van der Waals surface area contributed by atoms with Crippen LogP contribution in [0.5, 0.6) is 0 Å². The summed E-state index contributed by atoms with van der Waals surface area (Å²) in [4.78, 5) is 38.3. The number of carbonyl (C=O) groups is 1. The summed E-state index contributed by atoms with van der Waals surface area (Å²) in [7, 11) is -6.84. The summed E-state index contributed by atoms with van der Waals surface area (Å²) in [6.45, 7) is 6.41. The Bertz CT molecular complexity index is 1560. The van der Waals surface area contributed by atoms with Crippen LogP contribution in [0.4, 0.5) is 5.69 Å². The second-order valence-corrected chi connectivity index (χ2v) is 14.2. The predicted octanol–water partition coefficient (Wildman–Crippen LogP) is 2.28. The highest BCUT2D eigenvalue weighted by molar-refractivity contribution is 7.91. The van der Waals surface area contributed by atoms with Crippen LogP contribution in [0, 0.1) is 24.0 Å². The largest absolute Gasteiger partial charge is 0.449 e. The minimum absolute atomic E-state index is 0.0495. The van der Waals surface area contributed by atoms with Gasteiger partial charge in [0.2, 0.25) is 0 Å². The molecule has 1 aromatic carbocycles. The maximum absolute atomic E-state index is 12.4. The van der Waals surface area contributed by atoms with Gasteiger partial charge < -0.3 is 9.84 Å². The summed E-state index contributed by atoms with van der Waals surface area (Å²) < 4.78 is 51.6. The van der Waals surface area contributed by atoms with Gasteiger partial charge in [0.15, 0.2) is 37.4 Å². The molecule has 2 aromatic heterocycles. The van der Waals surface area contributed by atoms with E-state index in [4.69, 9.17) is 4.74 Å². The molecule has 4 atom stereocenters. The summed E-state index contributed by atoms with van der Waals surface area (Å²) in [5.74, 6) is -0.633. The van der Waals surface area contributed by atoms with E-state index < -0.39 is 53.3 Å². The number of aromatic nitrogens is 4. The van der Waals surface area contributed by atoms with Crippen LogP contribution >= 0.6 is 0 Å². The Morgan fingerprint density at radius 2 is 1.24 bits per heavy atom. The van der Waals surface area contributed by atoms with Crippen molar-refractivity contribution in [2.45, 2.75) is 50.4 Å². The number of non-ortho nitro benzene ring substituents is 1. The number of aliphatic hydroxyl groups excluding tert-OH is 1. The molecule has 14 nitrogen and oxygen atoms in total. The van der Waals surface area contributed by atoms with Crippen LogP contribution in [-0.4, -0.2) is 75.8 Å². The molecule has 0 fully saturated rings. The zero-order valence-electron chi connectivity index (χ0n) is 23.2. The lowest BCUT2D eigenvalue weighted by Gasteiger charge is -2.21. The molecular formula is C25H31N5O9S2. The first kappa shape index (κ1) is 33.3.